The predicted molar refractivity (Wildman–Crippen MR) is 95.6 cm³/mol. The highest BCUT2D eigenvalue weighted by Crippen LogP contribution is 2.32. The lowest BCUT2D eigenvalue weighted by atomic mass is 9.85. The second-order valence-corrected chi connectivity index (χ2v) is 7.20. The lowest BCUT2D eigenvalue weighted by Crippen LogP contribution is -2.31. The van der Waals surface area contributed by atoms with Crippen molar-refractivity contribution in [2.75, 3.05) is 16.8 Å². The van der Waals surface area contributed by atoms with Crippen LogP contribution < -0.4 is 10.2 Å². The summed E-state index contributed by atoms with van der Waals surface area (Å²) in [5, 5.41) is 7.00. The van der Waals surface area contributed by atoms with E-state index in [1.165, 1.54) is 0 Å². The molecule has 1 fully saturated rings. The highest BCUT2D eigenvalue weighted by atomic mass is 16.5. The first-order valence-electron chi connectivity index (χ1n) is 9.08. The third-order valence-electron chi connectivity index (χ3n) is 5.19. The number of pyridine rings is 1. The molecule has 1 aliphatic carbocycles. The summed E-state index contributed by atoms with van der Waals surface area (Å²) >= 11 is 0. The first-order chi connectivity index (χ1) is 12.1. The Balaban J connectivity index is 1.55. The molecule has 0 unspecified atom stereocenters. The summed E-state index contributed by atoms with van der Waals surface area (Å²) < 4.78 is 5.36. The zero-order valence-electron chi connectivity index (χ0n) is 14.8. The highest BCUT2D eigenvalue weighted by Gasteiger charge is 2.27. The van der Waals surface area contributed by atoms with Crippen LogP contribution in [0.1, 0.15) is 48.4 Å². The van der Waals surface area contributed by atoms with Gasteiger partial charge in [0, 0.05) is 18.5 Å². The maximum Gasteiger partial charge on any atom is 0.228 e. The van der Waals surface area contributed by atoms with E-state index in [2.05, 4.69) is 21.4 Å². The van der Waals surface area contributed by atoms with Crippen molar-refractivity contribution in [3.63, 3.8) is 0 Å². The molecular formula is C19H24N4O2. The first kappa shape index (κ1) is 16.1. The number of nitrogens with zero attached hydrogens (tertiary/aromatic N) is 3. The summed E-state index contributed by atoms with van der Waals surface area (Å²) in [6, 6.07) is 4.11. The van der Waals surface area contributed by atoms with Gasteiger partial charge in [0.15, 0.2) is 5.76 Å². The fourth-order valence-electron chi connectivity index (χ4n) is 3.51. The molecule has 0 aromatic carbocycles. The lowest BCUT2D eigenvalue weighted by molar-refractivity contribution is -0.122. The lowest BCUT2D eigenvalue weighted by Gasteiger charge is -2.31. The van der Waals surface area contributed by atoms with Crippen LogP contribution in [0.25, 0.3) is 0 Å². The number of aryl methyl sites for hydroxylation is 3. The van der Waals surface area contributed by atoms with Gasteiger partial charge in [0.05, 0.1) is 23.6 Å². The first-order valence-corrected chi connectivity index (χ1v) is 9.08. The third-order valence-corrected chi connectivity index (χ3v) is 5.19. The van der Waals surface area contributed by atoms with Gasteiger partial charge in [-0.3, -0.25) is 4.79 Å². The summed E-state index contributed by atoms with van der Waals surface area (Å²) in [6.07, 6.45) is 5.14. The Bertz CT molecular complexity index is 795. The zero-order valence-corrected chi connectivity index (χ0v) is 14.8. The molecule has 25 heavy (non-hydrogen) atoms. The Kier molecular flexibility index (Phi) is 4.19. The fraction of sp³-hybridized carbons (Fsp3) is 0.526. The number of carbonyl (C=O) groups excluding carboxylic acids is 1. The molecule has 0 saturated heterocycles. The van der Waals surface area contributed by atoms with E-state index < -0.39 is 0 Å². The molecule has 4 rings (SSSR count). The van der Waals surface area contributed by atoms with Crippen LogP contribution in [0.2, 0.25) is 0 Å². The smallest absolute Gasteiger partial charge is 0.228 e. The van der Waals surface area contributed by atoms with Crippen molar-refractivity contribution in [1.29, 1.82) is 0 Å². The Morgan fingerprint density at radius 1 is 1.32 bits per heavy atom. The van der Waals surface area contributed by atoms with Gasteiger partial charge in [0.1, 0.15) is 5.82 Å². The van der Waals surface area contributed by atoms with Gasteiger partial charge in [0.25, 0.3) is 0 Å². The summed E-state index contributed by atoms with van der Waals surface area (Å²) in [5.74, 6) is 1.87. The topological polar surface area (TPSA) is 71.3 Å². The predicted octanol–water partition coefficient (Wildman–Crippen LogP) is 3.38. The van der Waals surface area contributed by atoms with Crippen molar-refractivity contribution in [3.05, 3.63) is 34.8 Å². The number of hydrogen-bond acceptors (Lipinski definition) is 5. The van der Waals surface area contributed by atoms with E-state index >= 15 is 0 Å². The number of nitrogens with one attached hydrogen (secondary N) is 1. The maximum atomic E-state index is 12.2. The average molecular weight is 340 g/mol. The van der Waals surface area contributed by atoms with E-state index in [1.807, 2.05) is 19.9 Å². The molecule has 132 valence electrons. The minimum atomic E-state index is 0.117. The molecule has 1 aliphatic heterocycles. The zero-order chi connectivity index (χ0) is 17.4. The maximum absolute atomic E-state index is 12.2. The van der Waals surface area contributed by atoms with Crippen molar-refractivity contribution in [2.45, 2.75) is 52.5 Å². The van der Waals surface area contributed by atoms with E-state index in [1.54, 1.807) is 0 Å². The monoisotopic (exact) mass is 340 g/mol. The van der Waals surface area contributed by atoms with Crippen LogP contribution in [0.15, 0.2) is 16.7 Å². The second-order valence-electron chi connectivity index (χ2n) is 7.20. The van der Waals surface area contributed by atoms with E-state index in [9.17, 15) is 4.79 Å². The summed E-state index contributed by atoms with van der Waals surface area (Å²) in [7, 11) is 0. The quantitative estimate of drug-likeness (QED) is 0.924. The van der Waals surface area contributed by atoms with Crippen molar-refractivity contribution < 1.29 is 9.32 Å². The van der Waals surface area contributed by atoms with E-state index in [-0.39, 0.29) is 11.8 Å². The Morgan fingerprint density at radius 3 is 2.84 bits per heavy atom. The van der Waals surface area contributed by atoms with Crippen LogP contribution in [0, 0.1) is 19.8 Å². The number of aromatic nitrogens is 2. The van der Waals surface area contributed by atoms with E-state index in [0.29, 0.717) is 12.4 Å². The molecule has 6 nitrogen and oxygen atoms in total. The van der Waals surface area contributed by atoms with Crippen LogP contribution in [-0.4, -0.2) is 22.6 Å². The molecule has 2 aliphatic rings. The van der Waals surface area contributed by atoms with Crippen LogP contribution >= 0.6 is 0 Å². The molecule has 0 spiro atoms. The molecule has 0 radical (unpaired) electrons. The van der Waals surface area contributed by atoms with Crippen molar-refractivity contribution in [3.8, 4) is 0 Å². The van der Waals surface area contributed by atoms with Gasteiger partial charge in [-0.15, -0.1) is 0 Å². The molecule has 6 heteroatoms. The Morgan fingerprint density at radius 2 is 2.16 bits per heavy atom. The third kappa shape index (κ3) is 3.25. The summed E-state index contributed by atoms with van der Waals surface area (Å²) in [6.45, 7) is 5.61. The SMILES string of the molecule is Cc1cc(CN2CCCc3nc(NC(=O)C4CCC4)c(C)cc32)on1. The standard InChI is InChI=1S/C19H24N4O2/c1-12-9-17-16(20-18(12)21-19(24)14-5-3-6-14)7-4-8-23(17)11-15-10-13(2)22-25-15/h9-10,14H,3-8,11H2,1-2H3,(H,20,21,24). The molecule has 1 N–H and O–H groups in total. The van der Waals surface area contributed by atoms with Gasteiger partial charge in [-0.05, 0) is 51.2 Å². The molecule has 0 atom stereocenters. The van der Waals surface area contributed by atoms with Gasteiger partial charge < -0.3 is 14.7 Å². The van der Waals surface area contributed by atoms with Crippen LogP contribution in [0.5, 0.6) is 0 Å². The van der Waals surface area contributed by atoms with E-state index in [0.717, 1.165) is 67.0 Å². The molecule has 1 saturated carbocycles. The number of anilines is 2. The van der Waals surface area contributed by atoms with Gasteiger partial charge >= 0.3 is 0 Å². The minimum Gasteiger partial charge on any atom is -0.362 e. The summed E-state index contributed by atoms with van der Waals surface area (Å²) in [4.78, 5) is 19.3. The normalized spacial score (nSPS) is 17.1. The Hall–Kier alpha value is -2.37. The number of carbonyl (C=O) groups is 1. The van der Waals surface area contributed by atoms with E-state index in [4.69, 9.17) is 9.51 Å². The number of amides is 1. The molecular weight excluding hydrogens is 316 g/mol. The number of rotatable bonds is 4. The van der Waals surface area contributed by atoms with Gasteiger partial charge in [-0.2, -0.15) is 0 Å². The van der Waals surface area contributed by atoms with Crippen molar-refractivity contribution in [1.82, 2.24) is 10.1 Å². The number of fused-ring (bicyclic) bond motifs is 1. The van der Waals surface area contributed by atoms with Crippen molar-refractivity contribution in [2.24, 2.45) is 5.92 Å². The fourth-order valence-corrected chi connectivity index (χ4v) is 3.51. The molecule has 0 bridgehead atoms. The molecule has 3 heterocycles. The molecule has 1 amide bonds. The van der Waals surface area contributed by atoms with Gasteiger partial charge in [-0.25, -0.2) is 4.98 Å². The van der Waals surface area contributed by atoms with Crippen LogP contribution in [0.3, 0.4) is 0 Å². The van der Waals surface area contributed by atoms with Gasteiger partial charge in [-0.1, -0.05) is 11.6 Å². The molecule has 2 aromatic rings. The summed E-state index contributed by atoms with van der Waals surface area (Å²) in [5.41, 5.74) is 4.10. The van der Waals surface area contributed by atoms with Crippen LogP contribution in [-0.2, 0) is 17.8 Å². The van der Waals surface area contributed by atoms with Crippen molar-refractivity contribution >= 4 is 17.4 Å². The Labute approximate surface area is 147 Å². The number of hydrogen-bond donors (Lipinski definition) is 1. The minimum absolute atomic E-state index is 0.117. The second kappa shape index (κ2) is 6.50. The highest BCUT2D eigenvalue weighted by molar-refractivity contribution is 5.93. The molecule has 2 aromatic heterocycles. The largest absolute Gasteiger partial charge is 0.362 e. The van der Waals surface area contributed by atoms with Crippen LogP contribution in [0.4, 0.5) is 11.5 Å². The van der Waals surface area contributed by atoms with Gasteiger partial charge in [0.2, 0.25) is 5.91 Å². The average Bonchev–Trinajstić information content (AvgIpc) is 2.92.